The third kappa shape index (κ3) is 6.10. The van der Waals surface area contributed by atoms with Crippen LogP contribution in [0.25, 0.3) is 0 Å². The van der Waals surface area contributed by atoms with E-state index in [1.807, 2.05) is 0 Å². The Morgan fingerprint density at radius 2 is 1.82 bits per heavy atom. The van der Waals surface area contributed by atoms with Gasteiger partial charge in [-0.15, -0.1) is 0 Å². The number of nitrogens with zero attached hydrogens (tertiary/aromatic N) is 1. The van der Waals surface area contributed by atoms with Gasteiger partial charge in [0.05, 0.1) is 16.3 Å². The Morgan fingerprint density at radius 1 is 1.06 bits per heavy atom. The zero-order valence-electron chi connectivity index (χ0n) is 19.3. The number of anilines is 2. The van der Waals surface area contributed by atoms with Crippen molar-refractivity contribution in [1.82, 2.24) is 10.3 Å². The molecule has 0 aliphatic heterocycles. The third-order valence-electron chi connectivity index (χ3n) is 4.03. The number of benzene rings is 2. The predicted octanol–water partition coefficient (Wildman–Crippen LogP) is 5.69. The highest BCUT2D eigenvalue weighted by atomic mass is 35.5. The van der Waals surface area contributed by atoms with Gasteiger partial charge in [0.1, 0.15) is 23.0 Å². The first-order chi connectivity index (χ1) is 16.7. The molecule has 0 saturated heterocycles. The van der Waals surface area contributed by atoms with Crippen LogP contribution in [0.1, 0.15) is 20.2 Å². The van der Waals surface area contributed by atoms with Gasteiger partial charge in [-0.3, -0.25) is 9.78 Å². The molecule has 3 rings (SSSR count). The summed E-state index contributed by atoms with van der Waals surface area (Å²) in [6.45, 7) is -2.70. The minimum absolute atomic E-state index is 0.00726. The van der Waals surface area contributed by atoms with E-state index in [2.05, 4.69) is 15.6 Å². The highest BCUT2D eigenvalue weighted by molar-refractivity contribution is 6.34. The summed E-state index contributed by atoms with van der Waals surface area (Å²) in [5.74, 6) is -2.11. The van der Waals surface area contributed by atoms with Crippen molar-refractivity contribution in [3.8, 4) is 11.5 Å². The van der Waals surface area contributed by atoms with E-state index < -0.39 is 36.5 Å². The third-order valence-corrected chi connectivity index (χ3v) is 4.34. The van der Waals surface area contributed by atoms with Crippen LogP contribution < -0.4 is 20.7 Å². The molecule has 7 nitrogen and oxygen atoms in total. The van der Waals surface area contributed by atoms with E-state index in [1.54, 1.807) is 5.32 Å². The van der Waals surface area contributed by atoms with Crippen molar-refractivity contribution < 1.29 is 36.0 Å². The molecule has 1 heterocycles. The van der Waals surface area contributed by atoms with Crippen molar-refractivity contribution in [2.24, 2.45) is 0 Å². The fourth-order valence-electron chi connectivity index (χ4n) is 2.56. The first kappa shape index (κ1) is 19.8. The molecule has 0 saturated carbocycles. The molecule has 33 heavy (non-hydrogen) atoms. The summed E-state index contributed by atoms with van der Waals surface area (Å²) in [7, 11) is 0. The molecule has 0 bridgehead atoms. The topological polar surface area (TPSA) is 92.4 Å². The van der Waals surface area contributed by atoms with E-state index in [-0.39, 0.29) is 33.6 Å². The standard InChI is InChI=1S/C21H15ClF4N4O3/c1-27-19(31)18-10-13(6-7-28-18)33-12-3-5-17(15(22)9-12)30-20(32)29-11-2-4-16(23)14(8-11)21(24,25)26/h2-10H,1H3,(H,27,31)(H2,29,30,32)/i1D3. The molecule has 0 radical (unpaired) electrons. The molecule has 0 spiro atoms. The zero-order valence-corrected chi connectivity index (χ0v) is 17.0. The second-order valence-electron chi connectivity index (χ2n) is 6.35. The summed E-state index contributed by atoms with van der Waals surface area (Å²) in [6, 6.07) is 7.69. The second kappa shape index (κ2) is 9.74. The molecule has 2 aromatic carbocycles. The van der Waals surface area contributed by atoms with Crippen LogP contribution in [-0.2, 0) is 6.18 Å². The minimum Gasteiger partial charge on any atom is -0.457 e. The second-order valence-corrected chi connectivity index (χ2v) is 6.75. The van der Waals surface area contributed by atoms with E-state index in [9.17, 15) is 27.2 Å². The highest BCUT2D eigenvalue weighted by Crippen LogP contribution is 2.33. The number of alkyl halides is 3. The monoisotopic (exact) mass is 485 g/mol. The molecule has 3 N–H and O–H groups in total. The molecular weight excluding hydrogens is 468 g/mol. The summed E-state index contributed by atoms with van der Waals surface area (Å²) >= 11 is 6.14. The van der Waals surface area contributed by atoms with E-state index in [1.165, 1.54) is 36.5 Å². The van der Waals surface area contributed by atoms with Crippen LogP contribution in [-0.4, -0.2) is 23.9 Å². The molecule has 12 heteroatoms. The lowest BCUT2D eigenvalue weighted by Crippen LogP contribution is -2.20. The van der Waals surface area contributed by atoms with Gasteiger partial charge in [0.25, 0.3) is 5.91 Å². The van der Waals surface area contributed by atoms with Crippen LogP contribution >= 0.6 is 11.6 Å². The Labute approximate surface area is 193 Å². The number of nitrogens with one attached hydrogen (secondary N) is 3. The summed E-state index contributed by atoms with van der Waals surface area (Å²) in [6.07, 6.45) is -3.71. The van der Waals surface area contributed by atoms with Crippen LogP contribution in [0.5, 0.6) is 11.5 Å². The maximum absolute atomic E-state index is 13.4. The number of halogens is 5. The van der Waals surface area contributed by atoms with Gasteiger partial charge < -0.3 is 20.7 Å². The van der Waals surface area contributed by atoms with Crippen LogP contribution in [0.2, 0.25) is 5.02 Å². The SMILES string of the molecule is [2H]C([2H])([2H])NC(=O)c1cc(Oc2ccc(NC(=O)Nc3ccc(F)c(C(F)(F)F)c3)c(Cl)c2)ccn1. The molecule has 3 amide bonds. The summed E-state index contributed by atoms with van der Waals surface area (Å²) < 4.78 is 78.7. The number of hydrogen-bond donors (Lipinski definition) is 3. The van der Waals surface area contributed by atoms with Crippen LogP contribution in [0.3, 0.4) is 0 Å². The Kier molecular flexibility index (Phi) is 5.84. The molecular formula is C21H15ClF4N4O3. The average molecular weight is 486 g/mol. The van der Waals surface area contributed by atoms with Gasteiger partial charge in [0.2, 0.25) is 0 Å². The lowest BCUT2D eigenvalue weighted by molar-refractivity contribution is -0.139. The number of amides is 3. The number of carbonyl (C=O) groups is 2. The number of urea groups is 1. The number of hydrogen-bond acceptors (Lipinski definition) is 4. The van der Waals surface area contributed by atoms with E-state index in [0.717, 1.165) is 6.07 Å². The van der Waals surface area contributed by atoms with Crippen molar-refractivity contribution in [2.45, 2.75) is 6.18 Å². The van der Waals surface area contributed by atoms with Crippen LogP contribution in [0.4, 0.5) is 33.7 Å². The van der Waals surface area contributed by atoms with Crippen molar-refractivity contribution in [2.75, 3.05) is 17.6 Å². The zero-order chi connectivity index (χ0) is 26.7. The number of pyridine rings is 1. The molecule has 0 aliphatic rings. The molecule has 1 aromatic heterocycles. The number of rotatable bonds is 5. The summed E-state index contributed by atoms with van der Waals surface area (Å²) in [4.78, 5) is 27.9. The maximum atomic E-state index is 13.4. The Hall–Kier alpha value is -3.86. The number of aromatic nitrogens is 1. The van der Waals surface area contributed by atoms with Gasteiger partial charge in [-0.2, -0.15) is 13.2 Å². The van der Waals surface area contributed by atoms with Gasteiger partial charge in [-0.1, -0.05) is 11.6 Å². The van der Waals surface area contributed by atoms with Crippen molar-refractivity contribution >= 4 is 34.9 Å². The normalized spacial score (nSPS) is 12.7. The van der Waals surface area contributed by atoms with E-state index in [4.69, 9.17) is 20.5 Å². The quantitative estimate of drug-likeness (QED) is 0.405. The molecule has 3 aromatic rings. The highest BCUT2D eigenvalue weighted by Gasteiger charge is 2.34. The fourth-order valence-corrected chi connectivity index (χ4v) is 2.78. The van der Waals surface area contributed by atoms with Gasteiger partial charge in [0, 0.05) is 35.1 Å². The Morgan fingerprint density at radius 3 is 2.52 bits per heavy atom. The lowest BCUT2D eigenvalue weighted by Gasteiger charge is -2.13. The number of ether oxygens (including phenoxy) is 1. The minimum atomic E-state index is -4.94. The Bertz CT molecular complexity index is 1310. The van der Waals surface area contributed by atoms with Gasteiger partial charge >= 0.3 is 12.2 Å². The molecule has 0 aliphatic carbocycles. The molecule has 172 valence electrons. The van der Waals surface area contributed by atoms with Crippen molar-refractivity contribution in [1.29, 1.82) is 0 Å². The van der Waals surface area contributed by atoms with Gasteiger partial charge in [-0.05, 0) is 36.4 Å². The summed E-state index contributed by atoms with van der Waals surface area (Å²) in [5.41, 5.74) is -1.96. The largest absolute Gasteiger partial charge is 0.457 e. The van der Waals surface area contributed by atoms with Crippen LogP contribution in [0.15, 0.2) is 54.7 Å². The maximum Gasteiger partial charge on any atom is 0.419 e. The lowest BCUT2D eigenvalue weighted by atomic mass is 10.2. The average Bonchev–Trinajstić information content (AvgIpc) is 2.75. The first-order valence-electron chi connectivity index (χ1n) is 10.4. The van der Waals surface area contributed by atoms with Crippen molar-refractivity contribution in [3.63, 3.8) is 0 Å². The molecule has 0 atom stereocenters. The first-order valence-corrected chi connectivity index (χ1v) is 9.30. The molecule has 0 fully saturated rings. The Balaban J connectivity index is 1.67. The fraction of sp³-hybridized carbons (Fsp3) is 0.0952. The smallest absolute Gasteiger partial charge is 0.419 e. The van der Waals surface area contributed by atoms with E-state index in [0.29, 0.717) is 12.1 Å². The number of carbonyl (C=O) groups excluding carboxylic acids is 2. The van der Waals surface area contributed by atoms with Gasteiger partial charge in [-0.25, -0.2) is 9.18 Å². The van der Waals surface area contributed by atoms with E-state index >= 15 is 0 Å². The van der Waals surface area contributed by atoms with Gasteiger partial charge in [0.15, 0.2) is 0 Å². The predicted molar refractivity (Wildman–Crippen MR) is 113 cm³/mol. The summed E-state index contributed by atoms with van der Waals surface area (Å²) in [5, 5.41) is 6.28. The van der Waals surface area contributed by atoms with Crippen molar-refractivity contribution in [3.05, 3.63) is 76.8 Å². The van der Waals surface area contributed by atoms with Crippen LogP contribution in [0, 0.1) is 5.82 Å². The molecule has 0 unspecified atom stereocenters.